The van der Waals surface area contributed by atoms with E-state index >= 15 is 0 Å². The van der Waals surface area contributed by atoms with E-state index in [9.17, 15) is 21.6 Å². The fraction of sp³-hybridized carbons (Fsp3) is 0.467. The molecule has 0 saturated carbocycles. The molecule has 8 nitrogen and oxygen atoms in total. The van der Waals surface area contributed by atoms with Crippen LogP contribution in [0.15, 0.2) is 24.3 Å². The van der Waals surface area contributed by atoms with Gasteiger partial charge in [0.05, 0.1) is 5.75 Å². The molecular weight excluding hydrogens is 395 g/mol. The van der Waals surface area contributed by atoms with E-state index in [4.69, 9.17) is 19.8 Å². The SMILES string of the molecule is O=C(O)C(=O)O.O=S(=O)(CCN1CCc2ccccc2C1)OCC(F)(F)F. The lowest BCUT2D eigenvalue weighted by Crippen LogP contribution is -2.35. The molecule has 12 heteroatoms. The van der Waals surface area contributed by atoms with Crippen LogP contribution in [0.3, 0.4) is 0 Å². The van der Waals surface area contributed by atoms with Crippen molar-refractivity contribution >= 4 is 22.1 Å². The van der Waals surface area contributed by atoms with Crippen molar-refractivity contribution < 1.29 is 45.6 Å². The zero-order chi connectivity index (χ0) is 20.7. The summed E-state index contributed by atoms with van der Waals surface area (Å²) < 4.78 is 62.6. The number of fused-ring (bicyclic) bond motifs is 1. The number of carboxylic acids is 2. The lowest BCUT2D eigenvalue weighted by atomic mass is 10.0. The number of carbonyl (C=O) groups is 2. The van der Waals surface area contributed by atoms with Crippen LogP contribution in [0, 0.1) is 0 Å². The van der Waals surface area contributed by atoms with E-state index in [2.05, 4.69) is 4.18 Å². The maximum absolute atomic E-state index is 11.9. The maximum Gasteiger partial charge on any atom is 0.414 e. The largest absolute Gasteiger partial charge is 0.473 e. The second-order valence-corrected chi connectivity index (χ2v) is 7.30. The Bertz CT molecular complexity index is 753. The molecule has 1 aliphatic rings. The highest BCUT2D eigenvalue weighted by molar-refractivity contribution is 7.86. The van der Waals surface area contributed by atoms with E-state index in [0.717, 1.165) is 12.0 Å². The van der Waals surface area contributed by atoms with E-state index < -0.39 is 40.6 Å². The predicted octanol–water partition coefficient (Wildman–Crippen LogP) is 1.11. The maximum atomic E-state index is 11.9. The van der Waals surface area contributed by atoms with Gasteiger partial charge in [-0.1, -0.05) is 24.3 Å². The minimum absolute atomic E-state index is 0.161. The summed E-state index contributed by atoms with van der Waals surface area (Å²) in [7, 11) is -4.15. The highest BCUT2D eigenvalue weighted by Gasteiger charge is 2.31. The molecule has 0 atom stereocenters. The number of carboxylic acid groups (broad SMARTS) is 2. The highest BCUT2D eigenvalue weighted by Crippen LogP contribution is 2.19. The first-order valence-electron chi connectivity index (χ1n) is 7.59. The highest BCUT2D eigenvalue weighted by atomic mass is 32.2. The Morgan fingerprint density at radius 2 is 1.67 bits per heavy atom. The van der Waals surface area contributed by atoms with Gasteiger partial charge in [-0.15, -0.1) is 0 Å². The summed E-state index contributed by atoms with van der Waals surface area (Å²) in [4.78, 5) is 20.1. The molecule has 0 spiro atoms. The molecule has 1 aromatic rings. The molecule has 0 amide bonds. The lowest BCUT2D eigenvalue weighted by Gasteiger charge is -2.28. The Morgan fingerprint density at radius 1 is 1.11 bits per heavy atom. The van der Waals surface area contributed by atoms with Crippen LogP contribution in [0.4, 0.5) is 13.2 Å². The Kier molecular flexibility index (Phi) is 8.19. The van der Waals surface area contributed by atoms with Gasteiger partial charge in [0.2, 0.25) is 0 Å². The fourth-order valence-corrected chi connectivity index (χ4v) is 3.11. The summed E-state index contributed by atoms with van der Waals surface area (Å²) in [6, 6.07) is 7.85. The number of rotatable bonds is 5. The summed E-state index contributed by atoms with van der Waals surface area (Å²) in [5.74, 6) is -4.09. The predicted molar refractivity (Wildman–Crippen MR) is 86.5 cm³/mol. The Hall–Kier alpha value is -2.18. The number of hydrogen-bond acceptors (Lipinski definition) is 6. The first-order valence-corrected chi connectivity index (χ1v) is 9.16. The number of nitrogens with zero attached hydrogens (tertiary/aromatic N) is 1. The topological polar surface area (TPSA) is 121 Å². The third-order valence-corrected chi connectivity index (χ3v) is 4.61. The third kappa shape index (κ3) is 9.35. The van der Waals surface area contributed by atoms with Crippen molar-refractivity contribution in [3.05, 3.63) is 35.4 Å². The second kappa shape index (κ2) is 9.67. The van der Waals surface area contributed by atoms with Crippen molar-refractivity contribution in [2.45, 2.75) is 19.1 Å². The van der Waals surface area contributed by atoms with Gasteiger partial charge >= 0.3 is 18.1 Å². The second-order valence-electron chi connectivity index (χ2n) is 5.54. The molecule has 0 aromatic heterocycles. The van der Waals surface area contributed by atoms with Gasteiger partial charge in [-0.05, 0) is 17.5 Å². The molecule has 1 aromatic carbocycles. The molecule has 0 radical (unpaired) electrons. The van der Waals surface area contributed by atoms with Crippen LogP contribution in [0.1, 0.15) is 11.1 Å². The van der Waals surface area contributed by atoms with Crippen molar-refractivity contribution in [1.82, 2.24) is 4.90 Å². The minimum atomic E-state index is -4.64. The van der Waals surface area contributed by atoms with Crippen molar-refractivity contribution in [1.29, 1.82) is 0 Å². The van der Waals surface area contributed by atoms with Crippen molar-refractivity contribution in [3.8, 4) is 0 Å². The monoisotopic (exact) mass is 413 g/mol. The first-order chi connectivity index (χ1) is 12.4. The fourth-order valence-electron chi connectivity index (χ4n) is 2.20. The Labute approximate surface area is 153 Å². The first kappa shape index (κ1) is 22.9. The van der Waals surface area contributed by atoms with E-state index in [1.54, 1.807) is 0 Å². The summed E-state index contributed by atoms with van der Waals surface area (Å²) in [5, 5.41) is 14.8. The third-order valence-electron chi connectivity index (χ3n) is 3.45. The van der Waals surface area contributed by atoms with Crippen molar-refractivity contribution in [3.63, 3.8) is 0 Å². The van der Waals surface area contributed by atoms with Gasteiger partial charge in [0.15, 0.2) is 6.61 Å². The van der Waals surface area contributed by atoms with Gasteiger partial charge in [-0.3, -0.25) is 9.08 Å². The molecule has 2 rings (SSSR count). The molecule has 0 saturated heterocycles. The lowest BCUT2D eigenvalue weighted by molar-refractivity contribution is -0.159. The minimum Gasteiger partial charge on any atom is -0.473 e. The van der Waals surface area contributed by atoms with Gasteiger partial charge < -0.3 is 10.2 Å². The number of aliphatic carboxylic acids is 2. The summed E-state index contributed by atoms with van der Waals surface area (Å²) in [6.45, 7) is -0.316. The molecule has 0 bridgehead atoms. The molecule has 0 unspecified atom stereocenters. The average molecular weight is 413 g/mol. The van der Waals surface area contributed by atoms with Gasteiger partial charge in [0.1, 0.15) is 0 Å². The van der Waals surface area contributed by atoms with Gasteiger partial charge in [0, 0.05) is 19.6 Å². The smallest absolute Gasteiger partial charge is 0.414 e. The van der Waals surface area contributed by atoms with Crippen molar-refractivity contribution in [2.75, 3.05) is 25.4 Å². The molecular formula is C15H18F3NO7S. The number of hydrogen-bond donors (Lipinski definition) is 2. The molecule has 1 aliphatic heterocycles. The van der Waals surface area contributed by atoms with E-state index in [1.165, 1.54) is 5.56 Å². The van der Waals surface area contributed by atoms with Crippen LogP contribution in [-0.2, 0) is 36.9 Å². The van der Waals surface area contributed by atoms with Crippen LogP contribution in [-0.4, -0.2) is 67.1 Å². The standard InChI is InChI=1S/C13H16F3NO3S.C2H2O4/c14-13(15,16)10-20-21(18,19)8-7-17-6-5-11-3-1-2-4-12(11)9-17;3-1(4)2(5)6/h1-4H,5-10H2;(H,3,4)(H,5,6). The molecule has 152 valence electrons. The van der Waals surface area contributed by atoms with Crippen LogP contribution in [0.2, 0.25) is 0 Å². The Morgan fingerprint density at radius 3 is 2.19 bits per heavy atom. The molecule has 0 aliphatic carbocycles. The van der Waals surface area contributed by atoms with Crippen LogP contribution in [0.5, 0.6) is 0 Å². The van der Waals surface area contributed by atoms with E-state index in [0.29, 0.717) is 13.1 Å². The zero-order valence-electron chi connectivity index (χ0n) is 14.0. The summed E-state index contributed by atoms with van der Waals surface area (Å²) >= 11 is 0. The van der Waals surface area contributed by atoms with Gasteiger partial charge in [-0.2, -0.15) is 21.6 Å². The Balaban J connectivity index is 0.000000527. The molecule has 27 heavy (non-hydrogen) atoms. The molecule has 2 N–H and O–H groups in total. The zero-order valence-corrected chi connectivity index (χ0v) is 14.8. The van der Waals surface area contributed by atoms with Crippen LogP contribution >= 0.6 is 0 Å². The summed E-state index contributed by atoms with van der Waals surface area (Å²) in [6.07, 6.45) is -3.84. The number of halogens is 3. The van der Waals surface area contributed by atoms with Gasteiger partial charge in [0.25, 0.3) is 10.1 Å². The summed E-state index contributed by atoms with van der Waals surface area (Å²) in [5.41, 5.74) is 2.35. The van der Waals surface area contributed by atoms with E-state index in [-0.39, 0.29) is 6.54 Å². The van der Waals surface area contributed by atoms with E-state index in [1.807, 2.05) is 29.2 Å². The normalized spacial score (nSPS) is 14.6. The van der Waals surface area contributed by atoms with Crippen LogP contribution < -0.4 is 0 Å². The number of alkyl halides is 3. The van der Waals surface area contributed by atoms with Gasteiger partial charge in [-0.25, -0.2) is 9.59 Å². The number of benzene rings is 1. The quantitative estimate of drug-likeness (QED) is 0.544. The molecule has 0 fully saturated rings. The molecule has 1 heterocycles. The van der Waals surface area contributed by atoms with Crippen LogP contribution in [0.25, 0.3) is 0 Å². The average Bonchev–Trinajstić information content (AvgIpc) is 2.58. The van der Waals surface area contributed by atoms with Crippen molar-refractivity contribution in [2.24, 2.45) is 0 Å².